The molecule has 1 saturated heterocycles. The first-order chi connectivity index (χ1) is 21.3. The van der Waals surface area contributed by atoms with Gasteiger partial charge in [0, 0.05) is 13.0 Å². The van der Waals surface area contributed by atoms with Crippen molar-refractivity contribution in [1.82, 2.24) is 15.5 Å². The number of nitrogens with one attached hydrogen (secondary N) is 2. The number of nitrogens with zero attached hydrogens (tertiary/aromatic N) is 1. The number of ether oxygens (including phenoxy) is 3. The molecule has 0 spiro atoms. The second-order valence-electron chi connectivity index (χ2n) is 13.4. The molecule has 0 unspecified atom stereocenters. The van der Waals surface area contributed by atoms with Gasteiger partial charge in [0.2, 0.25) is 11.8 Å². The van der Waals surface area contributed by atoms with E-state index >= 15 is 0 Å². The number of rotatable bonds is 12. The van der Waals surface area contributed by atoms with Crippen LogP contribution in [0.25, 0.3) is 0 Å². The summed E-state index contributed by atoms with van der Waals surface area (Å²) in [5.74, 6) is -1.33. The summed E-state index contributed by atoms with van der Waals surface area (Å²) in [6.07, 6.45) is 0.709. The lowest BCUT2D eigenvalue weighted by Gasteiger charge is -2.37. The first kappa shape index (κ1) is 34.0. The summed E-state index contributed by atoms with van der Waals surface area (Å²) < 4.78 is 16.9. The van der Waals surface area contributed by atoms with Crippen LogP contribution in [0.5, 0.6) is 0 Å². The van der Waals surface area contributed by atoms with Crippen molar-refractivity contribution in [3.63, 3.8) is 0 Å². The van der Waals surface area contributed by atoms with Gasteiger partial charge in [-0.05, 0) is 57.1 Å². The third kappa shape index (κ3) is 8.63. The van der Waals surface area contributed by atoms with Gasteiger partial charge < -0.3 is 29.7 Å². The maximum Gasteiger partial charge on any atom is 0.408 e. The molecule has 2 aromatic rings. The van der Waals surface area contributed by atoms with Gasteiger partial charge in [-0.1, -0.05) is 74.5 Å². The summed E-state index contributed by atoms with van der Waals surface area (Å²) in [5, 5.41) is 5.74. The summed E-state index contributed by atoms with van der Waals surface area (Å²) in [6, 6.07) is 16.8. The highest BCUT2D eigenvalue weighted by molar-refractivity contribution is 5.92. The maximum absolute atomic E-state index is 14.5. The lowest BCUT2D eigenvalue weighted by molar-refractivity contribution is -0.149. The molecule has 4 rings (SSSR count). The number of hydrogen-bond acceptors (Lipinski definition) is 7. The van der Waals surface area contributed by atoms with Crippen LogP contribution in [0.2, 0.25) is 0 Å². The van der Waals surface area contributed by atoms with E-state index in [2.05, 4.69) is 10.6 Å². The number of alkyl carbamates (subject to hydrolysis) is 1. The van der Waals surface area contributed by atoms with Gasteiger partial charge in [-0.25, -0.2) is 9.59 Å². The number of methoxy groups -OCH3 is 1. The molecule has 2 aromatic carbocycles. The number of amides is 3. The monoisotopic (exact) mass is 621 g/mol. The molecule has 45 heavy (non-hydrogen) atoms. The number of benzene rings is 2. The van der Waals surface area contributed by atoms with Crippen LogP contribution in [0.3, 0.4) is 0 Å². The van der Waals surface area contributed by atoms with Gasteiger partial charge >= 0.3 is 12.1 Å². The zero-order valence-corrected chi connectivity index (χ0v) is 27.2. The van der Waals surface area contributed by atoms with Crippen LogP contribution < -0.4 is 10.6 Å². The van der Waals surface area contributed by atoms with Crippen LogP contribution in [0.1, 0.15) is 65.0 Å². The van der Waals surface area contributed by atoms with Crippen molar-refractivity contribution in [3.05, 3.63) is 71.8 Å². The van der Waals surface area contributed by atoms with E-state index in [9.17, 15) is 19.2 Å². The normalized spacial score (nSPS) is 20.2. The zero-order valence-electron chi connectivity index (χ0n) is 27.2. The highest BCUT2D eigenvalue weighted by atomic mass is 16.6. The van der Waals surface area contributed by atoms with Crippen molar-refractivity contribution in [2.45, 2.75) is 96.7 Å². The van der Waals surface area contributed by atoms with Crippen LogP contribution in [0, 0.1) is 11.3 Å². The highest BCUT2D eigenvalue weighted by Gasteiger charge is 2.63. The Balaban J connectivity index is 1.64. The summed E-state index contributed by atoms with van der Waals surface area (Å²) in [7, 11) is 1.30. The molecular formula is C35H47N3O7. The smallest absolute Gasteiger partial charge is 0.408 e. The van der Waals surface area contributed by atoms with Gasteiger partial charge in [-0.3, -0.25) is 9.59 Å². The second kappa shape index (κ2) is 14.5. The standard InChI is InChI=1S/C35H47N3O7/c1-23(2)28(31(40)43-6)37-32(41)35(18-19-35)29-27(44-22-25-15-11-8-12-16-25)17-20-38(29)30(39)26(21-24-13-9-7-10-14-24)36-33(42)45-34(3,4)5/h7-16,23,26-29H,17-22H2,1-6H3,(H,36,42)(H,37,41)/t26-,27-,28-,29-/m0/s1. The van der Waals surface area contributed by atoms with Crippen molar-refractivity contribution in [2.24, 2.45) is 11.3 Å². The summed E-state index contributed by atoms with van der Waals surface area (Å²) in [6.45, 7) is 9.65. The molecule has 4 atom stereocenters. The first-order valence-electron chi connectivity index (χ1n) is 15.7. The molecule has 3 amide bonds. The predicted molar refractivity (Wildman–Crippen MR) is 169 cm³/mol. The number of carbonyl (C=O) groups excluding carboxylic acids is 4. The van der Waals surface area contributed by atoms with Crippen molar-refractivity contribution in [3.8, 4) is 0 Å². The van der Waals surface area contributed by atoms with Gasteiger partial charge in [0.05, 0.1) is 31.3 Å². The quantitative estimate of drug-likeness (QED) is 0.337. The Kier molecular flexibility index (Phi) is 10.9. The van der Waals surface area contributed by atoms with E-state index in [0.29, 0.717) is 32.4 Å². The Morgan fingerprint density at radius 3 is 2.07 bits per heavy atom. The third-order valence-corrected chi connectivity index (χ3v) is 8.42. The van der Waals surface area contributed by atoms with E-state index in [1.165, 1.54) is 7.11 Å². The summed E-state index contributed by atoms with van der Waals surface area (Å²) in [5.41, 5.74) is 0.156. The van der Waals surface area contributed by atoms with E-state index in [1.54, 1.807) is 25.7 Å². The molecule has 0 bridgehead atoms. The minimum absolute atomic E-state index is 0.197. The molecule has 1 heterocycles. The molecule has 2 N–H and O–H groups in total. The molecule has 10 heteroatoms. The highest BCUT2D eigenvalue weighted by Crippen LogP contribution is 2.54. The fourth-order valence-corrected chi connectivity index (χ4v) is 6.02. The number of esters is 1. The van der Waals surface area contributed by atoms with Crippen LogP contribution in [-0.4, -0.2) is 72.3 Å². The first-order valence-corrected chi connectivity index (χ1v) is 15.7. The molecule has 2 fully saturated rings. The van der Waals surface area contributed by atoms with Crippen molar-refractivity contribution in [2.75, 3.05) is 13.7 Å². The largest absolute Gasteiger partial charge is 0.467 e. The number of likely N-dealkylation sites (tertiary alicyclic amines) is 1. The van der Waals surface area contributed by atoms with E-state index < -0.39 is 47.3 Å². The summed E-state index contributed by atoms with van der Waals surface area (Å²) >= 11 is 0. The maximum atomic E-state index is 14.5. The van der Waals surface area contributed by atoms with Crippen molar-refractivity contribution in [1.29, 1.82) is 0 Å². The van der Waals surface area contributed by atoms with E-state index in [1.807, 2.05) is 74.5 Å². The Bertz CT molecular complexity index is 1320. The SMILES string of the molecule is COC(=O)[C@@H](NC(=O)C1([C@@H]2[C@@H](OCc3ccccc3)CCN2C(=O)[C@H](Cc2ccccc2)NC(=O)OC(C)(C)C)CC1)C(C)C. The molecule has 1 aliphatic heterocycles. The Hall–Kier alpha value is -3.92. The average Bonchev–Trinajstić information content (AvgIpc) is 3.69. The zero-order chi connectivity index (χ0) is 32.8. The third-order valence-electron chi connectivity index (χ3n) is 8.42. The van der Waals surface area contributed by atoms with Gasteiger partial charge in [0.25, 0.3) is 0 Å². The molecule has 1 aliphatic carbocycles. The van der Waals surface area contributed by atoms with E-state index in [-0.39, 0.29) is 24.2 Å². The van der Waals surface area contributed by atoms with Crippen LogP contribution in [-0.2, 0) is 41.6 Å². The fourth-order valence-electron chi connectivity index (χ4n) is 6.02. The average molecular weight is 622 g/mol. The minimum atomic E-state index is -0.947. The minimum Gasteiger partial charge on any atom is -0.467 e. The van der Waals surface area contributed by atoms with Crippen molar-refractivity contribution < 1.29 is 33.4 Å². The fraction of sp³-hybridized carbons (Fsp3) is 0.543. The van der Waals surface area contributed by atoms with Gasteiger partial charge in [0.15, 0.2) is 0 Å². The Labute approximate surface area is 266 Å². The van der Waals surface area contributed by atoms with Crippen LogP contribution in [0.4, 0.5) is 4.79 Å². The van der Waals surface area contributed by atoms with E-state index in [0.717, 1.165) is 11.1 Å². The van der Waals surface area contributed by atoms with Crippen LogP contribution >= 0.6 is 0 Å². The van der Waals surface area contributed by atoms with E-state index in [4.69, 9.17) is 14.2 Å². The van der Waals surface area contributed by atoms with Crippen LogP contribution in [0.15, 0.2) is 60.7 Å². The number of carbonyl (C=O) groups is 4. The van der Waals surface area contributed by atoms with Gasteiger partial charge in [0.1, 0.15) is 17.7 Å². The predicted octanol–water partition coefficient (Wildman–Crippen LogP) is 4.40. The van der Waals surface area contributed by atoms with Gasteiger partial charge in [-0.2, -0.15) is 0 Å². The molecule has 0 aromatic heterocycles. The lowest BCUT2D eigenvalue weighted by atomic mass is 9.89. The van der Waals surface area contributed by atoms with Gasteiger partial charge in [-0.15, -0.1) is 0 Å². The van der Waals surface area contributed by atoms with Crippen molar-refractivity contribution >= 4 is 23.9 Å². The molecule has 0 radical (unpaired) electrons. The Morgan fingerprint density at radius 2 is 1.53 bits per heavy atom. The molecule has 244 valence electrons. The molecular weight excluding hydrogens is 574 g/mol. The molecule has 1 saturated carbocycles. The Morgan fingerprint density at radius 1 is 0.933 bits per heavy atom. The number of hydrogen-bond donors (Lipinski definition) is 2. The molecule has 2 aliphatic rings. The second-order valence-corrected chi connectivity index (χ2v) is 13.4. The summed E-state index contributed by atoms with van der Waals surface area (Å²) in [4.78, 5) is 55.7. The lowest BCUT2D eigenvalue weighted by Crippen LogP contribution is -2.58. The molecule has 10 nitrogen and oxygen atoms in total. The topological polar surface area (TPSA) is 123 Å².